The molecule has 25 heavy (non-hydrogen) atoms. The molecule has 2 aliphatic rings. The van der Waals surface area contributed by atoms with Gasteiger partial charge >= 0.3 is 5.97 Å². The molecular formula is C16H29IN4O4. The van der Waals surface area contributed by atoms with Gasteiger partial charge in [0.15, 0.2) is 5.96 Å². The summed E-state index contributed by atoms with van der Waals surface area (Å²) in [6.07, 6.45) is 1.54. The number of carbonyl (C=O) groups is 2. The largest absolute Gasteiger partial charge is 0.469 e. The van der Waals surface area contributed by atoms with E-state index >= 15 is 0 Å². The van der Waals surface area contributed by atoms with Gasteiger partial charge in [-0.3, -0.25) is 14.6 Å². The zero-order valence-electron chi connectivity index (χ0n) is 15.2. The van der Waals surface area contributed by atoms with Crippen LogP contribution >= 0.6 is 24.0 Å². The highest BCUT2D eigenvalue weighted by Crippen LogP contribution is 2.16. The molecule has 144 valence electrons. The van der Waals surface area contributed by atoms with E-state index in [4.69, 9.17) is 9.47 Å². The molecule has 0 aromatic carbocycles. The minimum Gasteiger partial charge on any atom is -0.469 e. The first-order valence-electron chi connectivity index (χ1n) is 8.50. The smallest absolute Gasteiger partial charge is 0.310 e. The van der Waals surface area contributed by atoms with E-state index in [1.807, 2.05) is 11.8 Å². The Morgan fingerprint density at radius 3 is 2.44 bits per heavy atom. The molecule has 0 aromatic heterocycles. The van der Waals surface area contributed by atoms with Crippen molar-refractivity contribution in [3.05, 3.63) is 0 Å². The third-order valence-corrected chi connectivity index (χ3v) is 4.48. The normalized spacial score (nSPS) is 22.2. The molecule has 0 aliphatic carbocycles. The fraction of sp³-hybridized carbons (Fsp3) is 0.812. The summed E-state index contributed by atoms with van der Waals surface area (Å²) < 4.78 is 10.2. The number of halogens is 1. The topological polar surface area (TPSA) is 83.5 Å². The molecule has 2 atom stereocenters. The number of piperazine rings is 1. The molecule has 0 saturated carbocycles. The number of hydrogen-bond donors (Lipinski definition) is 1. The molecule has 2 unspecified atom stereocenters. The maximum atomic E-state index is 12.4. The molecule has 0 aromatic rings. The average molecular weight is 468 g/mol. The minimum absolute atomic E-state index is 0. The van der Waals surface area contributed by atoms with Crippen molar-refractivity contribution in [2.75, 3.05) is 53.5 Å². The second-order valence-electron chi connectivity index (χ2n) is 6.17. The molecule has 0 spiro atoms. The van der Waals surface area contributed by atoms with Crippen LogP contribution in [-0.4, -0.2) is 87.2 Å². The lowest BCUT2D eigenvalue weighted by molar-refractivity contribution is -0.144. The summed E-state index contributed by atoms with van der Waals surface area (Å²) in [6, 6.07) is 0. The van der Waals surface area contributed by atoms with Crippen LogP contribution in [-0.2, 0) is 19.1 Å². The fourth-order valence-corrected chi connectivity index (χ4v) is 2.98. The van der Waals surface area contributed by atoms with Gasteiger partial charge in [-0.15, -0.1) is 24.0 Å². The van der Waals surface area contributed by atoms with Crippen molar-refractivity contribution in [2.24, 2.45) is 10.9 Å². The van der Waals surface area contributed by atoms with Crippen LogP contribution in [0, 0.1) is 5.92 Å². The van der Waals surface area contributed by atoms with Crippen LogP contribution in [0.3, 0.4) is 0 Å². The van der Waals surface area contributed by atoms with Gasteiger partial charge in [0, 0.05) is 46.4 Å². The lowest BCUT2D eigenvalue weighted by atomic mass is 10.2. The number of esters is 1. The Labute approximate surface area is 166 Å². The maximum absolute atomic E-state index is 12.4. The molecule has 1 N–H and O–H groups in total. The van der Waals surface area contributed by atoms with Crippen LogP contribution in [0.15, 0.2) is 4.99 Å². The van der Waals surface area contributed by atoms with E-state index < -0.39 is 0 Å². The lowest BCUT2D eigenvalue weighted by Gasteiger charge is -2.37. The quantitative estimate of drug-likeness (QED) is 0.277. The molecule has 0 bridgehead atoms. The Hall–Kier alpha value is -1.10. The van der Waals surface area contributed by atoms with Gasteiger partial charge in [-0.25, -0.2) is 0 Å². The zero-order valence-corrected chi connectivity index (χ0v) is 17.5. The first-order chi connectivity index (χ1) is 11.6. The molecule has 2 aliphatic heterocycles. The lowest BCUT2D eigenvalue weighted by Crippen LogP contribution is -2.55. The highest BCUT2D eigenvalue weighted by molar-refractivity contribution is 14.0. The van der Waals surface area contributed by atoms with E-state index in [2.05, 4.69) is 15.2 Å². The van der Waals surface area contributed by atoms with Crippen molar-refractivity contribution in [3.63, 3.8) is 0 Å². The van der Waals surface area contributed by atoms with Crippen molar-refractivity contribution in [2.45, 2.75) is 25.9 Å². The Morgan fingerprint density at radius 2 is 1.92 bits per heavy atom. The van der Waals surface area contributed by atoms with E-state index in [1.54, 1.807) is 7.05 Å². The van der Waals surface area contributed by atoms with Gasteiger partial charge in [0.1, 0.15) is 6.10 Å². The van der Waals surface area contributed by atoms with E-state index in [9.17, 15) is 9.59 Å². The second-order valence-corrected chi connectivity index (χ2v) is 6.17. The zero-order chi connectivity index (χ0) is 17.5. The summed E-state index contributed by atoms with van der Waals surface area (Å²) in [6.45, 7) is 5.71. The highest BCUT2D eigenvalue weighted by atomic mass is 127. The predicted octanol–water partition coefficient (Wildman–Crippen LogP) is 0.312. The van der Waals surface area contributed by atoms with E-state index in [-0.39, 0.29) is 47.9 Å². The number of aliphatic imine (C=N–C) groups is 1. The van der Waals surface area contributed by atoms with Crippen molar-refractivity contribution in [1.29, 1.82) is 0 Å². The fourth-order valence-electron chi connectivity index (χ4n) is 2.98. The van der Waals surface area contributed by atoms with Crippen LogP contribution < -0.4 is 5.32 Å². The highest BCUT2D eigenvalue weighted by Gasteiger charge is 2.31. The van der Waals surface area contributed by atoms with Gasteiger partial charge in [0.2, 0.25) is 0 Å². The first-order valence-corrected chi connectivity index (χ1v) is 8.50. The summed E-state index contributed by atoms with van der Waals surface area (Å²) in [5, 5.41) is 3.20. The van der Waals surface area contributed by atoms with Crippen LogP contribution in [0.1, 0.15) is 19.8 Å². The van der Waals surface area contributed by atoms with Gasteiger partial charge < -0.3 is 24.6 Å². The van der Waals surface area contributed by atoms with Crippen LogP contribution in [0.5, 0.6) is 0 Å². The number of rotatable bonds is 4. The predicted molar refractivity (Wildman–Crippen MR) is 105 cm³/mol. The minimum atomic E-state index is -0.255. The molecule has 2 saturated heterocycles. The van der Waals surface area contributed by atoms with Crippen LogP contribution in [0.4, 0.5) is 0 Å². The third-order valence-electron chi connectivity index (χ3n) is 4.48. The molecule has 9 heteroatoms. The number of nitrogens with zero attached hydrogens (tertiary/aromatic N) is 3. The van der Waals surface area contributed by atoms with E-state index in [0.717, 1.165) is 18.8 Å². The summed E-state index contributed by atoms with van der Waals surface area (Å²) in [5.41, 5.74) is 0. The Kier molecular flexibility index (Phi) is 9.47. The summed E-state index contributed by atoms with van der Waals surface area (Å²) >= 11 is 0. The van der Waals surface area contributed by atoms with Crippen molar-refractivity contribution in [3.8, 4) is 0 Å². The molecular weight excluding hydrogens is 439 g/mol. The van der Waals surface area contributed by atoms with Gasteiger partial charge in [-0.05, 0) is 12.8 Å². The van der Waals surface area contributed by atoms with Gasteiger partial charge in [0.25, 0.3) is 5.91 Å². The molecule has 0 radical (unpaired) electrons. The third kappa shape index (κ3) is 5.98. The second kappa shape index (κ2) is 10.8. The number of guanidine groups is 1. The monoisotopic (exact) mass is 468 g/mol. The maximum Gasteiger partial charge on any atom is 0.310 e. The number of hydrogen-bond acceptors (Lipinski definition) is 5. The summed E-state index contributed by atoms with van der Waals surface area (Å²) in [4.78, 5) is 32.1. The standard InChI is InChI=1S/C16H28N4O4.HI/c1-12(15(22)23-3)11-18-16(17-2)20-8-6-19(7-9-20)14(21)13-5-4-10-24-13;/h12-13H,4-11H2,1-3H3,(H,17,18);1H. The molecule has 2 heterocycles. The Balaban J connectivity index is 0.00000312. The SMILES string of the molecule is CN=C(NCC(C)C(=O)OC)N1CCN(C(=O)C2CCCO2)CC1.I. The summed E-state index contributed by atoms with van der Waals surface area (Å²) in [5.74, 6) is 0.364. The van der Waals surface area contributed by atoms with Crippen molar-refractivity contribution < 1.29 is 19.1 Å². The molecule has 1 amide bonds. The number of nitrogens with one attached hydrogen (secondary N) is 1. The number of carbonyl (C=O) groups excluding carboxylic acids is 2. The molecule has 2 fully saturated rings. The first kappa shape index (κ1) is 21.9. The van der Waals surface area contributed by atoms with Crippen LogP contribution in [0.2, 0.25) is 0 Å². The van der Waals surface area contributed by atoms with Gasteiger partial charge in [-0.1, -0.05) is 6.92 Å². The average Bonchev–Trinajstić information content (AvgIpc) is 3.15. The molecule has 2 rings (SSSR count). The van der Waals surface area contributed by atoms with Crippen molar-refractivity contribution >= 4 is 41.8 Å². The number of ether oxygens (including phenoxy) is 2. The Morgan fingerprint density at radius 1 is 1.28 bits per heavy atom. The molecule has 8 nitrogen and oxygen atoms in total. The number of methoxy groups -OCH3 is 1. The van der Waals surface area contributed by atoms with Crippen LogP contribution in [0.25, 0.3) is 0 Å². The summed E-state index contributed by atoms with van der Waals surface area (Å²) in [7, 11) is 3.10. The van der Waals surface area contributed by atoms with Gasteiger partial charge in [-0.2, -0.15) is 0 Å². The van der Waals surface area contributed by atoms with E-state index in [0.29, 0.717) is 39.3 Å². The Bertz CT molecular complexity index is 475. The van der Waals surface area contributed by atoms with E-state index in [1.165, 1.54) is 7.11 Å². The van der Waals surface area contributed by atoms with Gasteiger partial charge in [0.05, 0.1) is 13.0 Å². The van der Waals surface area contributed by atoms with Crippen molar-refractivity contribution in [1.82, 2.24) is 15.1 Å². The number of amides is 1.